The van der Waals surface area contributed by atoms with Gasteiger partial charge in [0.05, 0.1) is 0 Å². The Morgan fingerprint density at radius 2 is 1.95 bits per heavy atom. The number of aromatic nitrogens is 1. The lowest BCUT2D eigenvalue weighted by Crippen LogP contribution is -2.33. The minimum Gasteiger partial charge on any atom is -0.346 e. The maximum Gasteiger partial charge on any atom is 0.0492 e. The first-order chi connectivity index (χ1) is 9.74. The highest BCUT2D eigenvalue weighted by molar-refractivity contribution is 9.10. The van der Waals surface area contributed by atoms with Crippen LogP contribution in [-0.4, -0.2) is 42.2 Å². The first-order valence-electron chi connectivity index (χ1n) is 7.42. The molecule has 0 saturated carbocycles. The molecule has 1 N–H and O–H groups in total. The van der Waals surface area contributed by atoms with Crippen molar-refractivity contribution in [3.05, 3.63) is 34.9 Å². The molecule has 0 radical (unpaired) electrons. The molecule has 0 atom stereocenters. The molecule has 0 unspecified atom stereocenters. The van der Waals surface area contributed by atoms with Gasteiger partial charge in [-0.3, -0.25) is 0 Å². The van der Waals surface area contributed by atoms with Crippen LogP contribution in [0.5, 0.6) is 0 Å². The van der Waals surface area contributed by atoms with Gasteiger partial charge in [0.2, 0.25) is 0 Å². The molecule has 1 heterocycles. The summed E-state index contributed by atoms with van der Waals surface area (Å²) in [5.41, 5.74) is 1.30. The van der Waals surface area contributed by atoms with Gasteiger partial charge in [-0.05, 0) is 36.7 Å². The molecule has 4 heteroatoms. The lowest BCUT2D eigenvalue weighted by Gasteiger charge is -2.18. The fourth-order valence-corrected chi connectivity index (χ4v) is 2.80. The molecule has 110 valence electrons. The smallest absolute Gasteiger partial charge is 0.0492 e. The van der Waals surface area contributed by atoms with E-state index in [-0.39, 0.29) is 0 Å². The van der Waals surface area contributed by atoms with Gasteiger partial charge >= 0.3 is 0 Å². The van der Waals surface area contributed by atoms with Crippen molar-refractivity contribution in [1.82, 2.24) is 14.8 Å². The molecule has 0 aliphatic carbocycles. The summed E-state index contributed by atoms with van der Waals surface area (Å²) in [5, 5.41) is 4.83. The summed E-state index contributed by atoms with van der Waals surface area (Å²) >= 11 is 3.54. The van der Waals surface area contributed by atoms with Crippen LogP contribution in [0.15, 0.2) is 34.9 Å². The number of hydrogen-bond donors (Lipinski definition) is 1. The van der Waals surface area contributed by atoms with Crippen LogP contribution in [0, 0.1) is 0 Å². The van der Waals surface area contributed by atoms with Crippen LogP contribution >= 0.6 is 15.9 Å². The molecule has 0 spiro atoms. The molecule has 2 aromatic rings. The molecular weight excluding hydrogens is 314 g/mol. The zero-order chi connectivity index (χ0) is 14.4. The Balaban J connectivity index is 1.80. The number of fused-ring (bicyclic) bond motifs is 1. The summed E-state index contributed by atoms with van der Waals surface area (Å²) in [5.74, 6) is 0. The van der Waals surface area contributed by atoms with Crippen LogP contribution in [-0.2, 0) is 6.54 Å². The molecule has 0 aliphatic rings. The highest BCUT2D eigenvalue weighted by atomic mass is 79.9. The molecule has 20 heavy (non-hydrogen) atoms. The lowest BCUT2D eigenvalue weighted by molar-refractivity contribution is 0.302. The Hall–Kier alpha value is -0.840. The molecule has 3 nitrogen and oxygen atoms in total. The maximum atomic E-state index is 3.54. The van der Waals surface area contributed by atoms with E-state index in [1.165, 1.54) is 10.9 Å². The van der Waals surface area contributed by atoms with E-state index < -0.39 is 0 Å². The number of nitrogens with one attached hydrogen (secondary N) is 1. The average molecular weight is 338 g/mol. The zero-order valence-electron chi connectivity index (χ0n) is 12.4. The van der Waals surface area contributed by atoms with E-state index in [0.29, 0.717) is 0 Å². The SMILES string of the molecule is CCN(CC)CCNCCn1ccc2ccc(Br)cc21. The van der Waals surface area contributed by atoms with Crippen LogP contribution in [0.3, 0.4) is 0 Å². The third-order valence-electron chi connectivity index (χ3n) is 3.76. The minimum absolute atomic E-state index is 1.01. The van der Waals surface area contributed by atoms with Crippen molar-refractivity contribution in [2.45, 2.75) is 20.4 Å². The molecule has 0 bridgehead atoms. The topological polar surface area (TPSA) is 20.2 Å². The first-order valence-corrected chi connectivity index (χ1v) is 8.21. The van der Waals surface area contributed by atoms with E-state index in [9.17, 15) is 0 Å². The maximum absolute atomic E-state index is 3.54. The molecule has 1 aromatic heterocycles. The van der Waals surface area contributed by atoms with Gasteiger partial charge in [0, 0.05) is 42.4 Å². The van der Waals surface area contributed by atoms with E-state index in [4.69, 9.17) is 0 Å². The van der Waals surface area contributed by atoms with Crippen molar-refractivity contribution in [1.29, 1.82) is 0 Å². The van der Waals surface area contributed by atoms with Crippen molar-refractivity contribution in [2.24, 2.45) is 0 Å². The minimum atomic E-state index is 1.01. The molecule has 2 rings (SSSR count). The molecule has 0 aliphatic heterocycles. The summed E-state index contributed by atoms with van der Waals surface area (Å²) < 4.78 is 3.45. The monoisotopic (exact) mass is 337 g/mol. The Morgan fingerprint density at radius 1 is 1.15 bits per heavy atom. The number of nitrogens with zero attached hydrogens (tertiary/aromatic N) is 2. The fraction of sp³-hybridized carbons (Fsp3) is 0.500. The number of rotatable bonds is 8. The van der Waals surface area contributed by atoms with Crippen molar-refractivity contribution < 1.29 is 0 Å². The highest BCUT2D eigenvalue weighted by Gasteiger charge is 2.02. The number of hydrogen-bond acceptors (Lipinski definition) is 2. The molecule has 0 amide bonds. The Bertz CT molecular complexity index is 532. The highest BCUT2D eigenvalue weighted by Crippen LogP contribution is 2.20. The number of benzene rings is 1. The van der Waals surface area contributed by atoms with E-state index in [0.717, 1.165) is 43.7 Å². The number of likely N-dealkylation sites (N-methyl/N-ethyl adjacent to an activating group) is 1. The van der Waals surface area contributed by atoms with Crippen LogP contribution in [0.4, 0.5) is 0 Å². The van der Waals surface area contributed by atoms with Crippen molar-refractivity contribution in [3.8, 4) is 0 Å². The van der Waals surface area contributed by atoms with E-state index >= 15 is 0 Å². The predicted molar refractivity (Wildman–Crippen MR) is 90.3 cm³/mol. The zero-order valence-corrected chi connectivity index (χ0v) is 14.0. The van der Waals surface area contributed by atoms with Crippen molar-refractivity contribution >= 4 is 26.8 Å². The normalized spacial score (nSPS) is 11.6. The van der Waals surface area contributed by atoms with Gasteiger partial charge in [0.25, 0.3) is 0 Å². The summed E-state index contributed by atoms with van der Waals surface area (Å²) in [6.07, 6.45) is 2.17. The Morgan fingerprint density at radius 3 is 2.70 bits per heavy atom. The third kappa shape index (κ3) is 4.08. The van der Waals surface area contributed by atoms with Crippen LogP contribution in [0.2, 0.25) is 0 Å². The molecular formula is C16H24BrN3. The summed E-state index contributed by atoms with van der Waals surface area (Å²) in [7, 11) is 0. The fourth-order valence-electron chi connectivity index (χ4n) is 2.45. The van der Waals surface area contributed by atoms with Gasteiger partial charge in [0.1, 0.15) is 0 Å². The summed E-state index contributed by atoms with van der Waals surface area (Å²) in [6.45, 7) is 10.9. The standard InChI is InChI=1S/C16H24BrN3/c1-3-19(4-2)11-8-18-9-12-20-10-7-14-5-6-15(17)13-16(14)20/h5-7,10,13,18H,3-4,8-9,11-12H2,1-2H3. The summed E-state index contributed by atoms with van der Waals surface area (Å²) in [6, 6.07) is 8.61. The van der Waals surface area contributed by atoms with Crippen LogP contribution in [0.1, 0.15) is 13.8 Å². The molecule has 0 fully saturated rings. The predicted octanol–water partition coefficient (Wildman–Crippen LogP) is 3.34. The van der Waals surface area contributed by atoms with Crippen LogP contribution in [0.25, 0.3) is 10.9 Å². The van der Waals surface area contributed by atoms with Gasteiger partial charge in [0.15, 0.2) is 0 Å². The summed E-state index contributed by atoms with van der Waals surface area (Å²) in [4.78, 5) is 2.44. The van der Waals surface area contributed by atoms with E-state index in [2.05, 4.69) is 75.0 Å². The van der Waals surface area contributed by atoms with E-state index in [1.54, 1.807) is 0 Å². The first kappa shape index (κ1) is 15.5. The van der Waals surface area contributed by atoms with Gasteiger partial charge in [-0.15, -0.1) is 0 Å². The van der Waals surface area contributed by atoms with Crippen molar-refractivity contribution in [2.75, 3.05) is 32.7 Å². The van der Waals surface area contributed by atoms with Gasteiger partial charge < -0.3 is 14.8 Å². The molecule has 1 aromatic carbocycles. The van der Waals surface area contributed by atoms with Crippen LogP contribution < -0.4 is 5.32 Å². The largest absolute Gasteiger partial charge is 0.346 e. The second-order valence-electron chi connectivity index (χ2n) is 4.99. The number of halogens is 1. The van der Waals surface area contributed by atoms with Gasteiger partial charge in [-0.2, -0.15) is 0 Å². The van der Waals surface area contributed by atoms with Crippen molar-refractivity contribution in [3.63, 3.8) is 0 Å². The lowest BCUT2D eigenvalue weighted by atomic mass is 10.2. The Kier molecular flexibility index (Phi) is 6.07. The second-order valence-corrected chi connectivity index (χ2v) is 5.90. The van der Waals surface area contributed by atoms with Gasteiger partial charge in [-0.1, -0.05) is 35.8 Å². The second kappa shape index (κ2) is 7.81. The third-order valence-corrected chi connectivity index (χ3v) is 4.26. The molecule has 0 saturated heterocycles. The van der Waals surface area contributed by atoms with E-state index in [1.807, 2.05) is 0 Å². The Labute approximate surface area is 130 Å². The quantitative estimate of drug-likeness (QED) is 0.745. The average Bonchev–Trinajstić information content (AvgIpc) is 2.85. The van der Waals surface area contributed by atoms with Gasteiger partial charge in [-0.25, -0.2) is 0 Å².